The molecule has 0 atom stereocenters. The number of ether oxygens (including phenoxy) is 2. The van der Waals surface area contributed by atoms with E-state index in [0.29, 0.717) is 29.3 Å². The van der Waals surface area contributed by atoms with Crippen LogP contribution >= 0.6 is 15.9 Å². The van der Waals surface area contributed by atoms with Gasteiger partial charge in [-0.1, -0.05) is 15.9 Å². The number of benzene rings is 1. The number of hydrogen-bond acceptors (Lipinski definition) is 4. The number of hydrogen-bond donors (Lipinski definition) is 1. The zero-order chi connectivity index (χ0) is 15.9. The summed E-state index contributed by atoms with van der Waals surface area (Å²) in [5.74, 6) is -0.717. The van der Waals surface area contributed by atoms with E-state index in [1.165, 1.54) is 24.4 Å². The van der Waals surface area contributed by atoms with E-state index < -0.39 is 11.7 Å². The van der Waals surface area contributed by atoms with Crippen LogP contribution in [0.1, 0.15) is 10.4 Å². The quantitative estimate of drug-likeness (QED) is 0.795. The molecule has 7 heteroatoms. The molecule has 1 aromatic heterocycles. The van der Waals surface area contributed by atoms with Gasteiger partial charge in [-0.2, -0.15) is 0 Å². The maximum Gasteiger partial charge on any atom is 0.258 e. The number of nitrogens with one attached hydrogen (secondary N) is 1. The van der Waals surface area contributed by atoms with Crippen LogP contribution in [0.2, 0.25) is 0 Å². The van der Waals surface area contributed by atoms with Gasteiger partial charge in [-0.25, -0.2) is 9.37 Å². The van der Waals surface area contributed by atoms with Crippen LogP contribution in [0.15, 0.2) is 41.0 Å². The van der Waals surface area contributed by atoms with Gasteiger partial charge < -0.3 is 14.8 Å². The van der Waals surface area contributed by atoms with E-state index in [0.717, 1.165) is 0 Å². The number of pyridine rings is 1. The van der Waals surface area contributed by atoms with Gasteiger partial charge in [0.15, 0.2) is 0 Å². The summed E-state index contributed by atoms with van der Waals surface area (Å²) in [5.41, 5.74) is 0.401. The van der Waals surface area contributed by atoms with E-state index in [2.05, 4.69) is 26.2 Å². The molecule has 0 saturated carbocycles. The lowest BCUT2D eigenvalue weighted by atomic mass is 10.2. The molecule has 1 amide bonds. The number of amides is 1. The smallest absolute Gasteiger partial charge is 0.258 e. The standard InChI is InChI=1S/C15H14BrFN2O3/c1-21-6-7-22-14-5-3-11(9-18-14)19-15(20)12-8-10(16)2-4-13(12)17/h2-5,8-9H,6-7H2,1H3,(H,19,20). The predicted molar refractivity (Wildman–Crippen MR) is 83.7 cm³/mol. The highest BCUT2D eigenvalue weighted by Crippen LogP contribution is 2.18. The lowest BCUT2D eigenvalue weighted by molar-refractivity contribution is 0.102. The molecule has 0 unspecified atom stereocenters. The van der Waals surface area contributed by atoms with Gasteiger partial charge in [-0.3, -0.25) is 4.79 Å². The van der Waals surface area contributed by atoms with Gasteiger partial charge in [-0.15, -0.1) is 0 Å². The van der Waals surface area contributed by atoms with Crippen LogP contribution in [0.3, 0.4) is 0 Å². The molecule has 0 aliphatic heterocycles. The Balaban J connectivity index is 2.01. The highest BCUT2D eigenvalue weighted by Gasteiger charge is 2.12. The number of carbonyl (C=O) groups is 1. The second-order valence-corrected chi connectivity index (χ2v) is 5.22. The summed E-state index contributed by atoms with van der Waals surface area (Å²) in [6.07, 6.45) is 1.44. The topological polar surface area (TPSA) is 60.5 Å². The molecule has 0 bridgehead atoms. The fourth-order valence-corrected chi connectivity index (χ4v) is 2.00. The van der Waals surface area contributed by atoms with Crippen molar-refractivity contribution in [2.45, 2.75) is 0 Å². The normalized spacial score (nSPS) is 10.3. The zero-order valence-corrected chi connectivity index (χ0v) is 13.4. The molecule has 1 aromatic carbocycles. The Morgan fingerprint density at radius 1 is 1.32 bits per heavy atom. The molecular formula is C15H14BrFN2O3. The maximum atomic E-state index is 13.6. The van der Waals surface area contributed by atoms with Crippen LogP contribution in [-0.2, 0) is 4.74 Å². The van der Waals surface area contributed by atoms with Crippen molar-refractivity contribution in [3.05, 3.63) is 52.4 Å². The van der Waals surface area contributed by atoms with E-state index in [4.69, 9.17) is 9.47 Å². The molecule has 5 nitrogen and oxygen atoms in total. The highest BCUT2D eigenvalue weighted by molar-refractivity contribution is 9.10. The Bertz CT molecular complexity index is 650. The molecule has 0 aliphatic carbocycles. The predicted octanol–water partition coefficient (Wildman–Crippen LogP) is 3.26. The lowest BCUT2D eigenvalue weighted by Gasteiger charge is -2.08. The van der Waals surface area contributed by atoms with Crippen molar-refractivity contribution in [1.29, 1.82) is 0 Å². The summed E-state index contributed by atoms with van der Waals surface area (Å²) in [6, 6.07) is 7.41. The van der Waals surface area contributed by atoms with Crippen LogP contribution in [0.5, 0.6) is 5.88 Å². The number of halogens is 2. The van der Waals surface area contributed by atoms with E-state index in [9.17, 15) is 9.18 Å². The van der Waals surface area contributed by atoms with Gasteiger partial charge >= 0.3 is 0 Å². The second kappa shape index (κ2) is 7.86. The Morgan fingerprint density at radius 2 is 2.14 bits per heavy atom. The molecule has 2 aromatic rings. The molecule has 0 saturated heterocycles. The SMILES string of the molecule is COCCOc1ccc(NC(=O)c2cc(Br)ccc2F)cn1. The zero-order valence-electron chi connectivity index (χ0n) is 11.8. The second-order valence-electron chi connectivity index (χ2n) is 4.30. The molecular weight excluding hydrogens is 355 g/mol. The molecule has 116 valence electrons. The Morgan fingerprint density at radius 3 is 2.82 bits per heavy atom. The van der Waals surface area contributed by atoms with Gasteiger partial charge in [0.25, 0.3) is 5.91 Å². The number of carbonyl (C=O) groups excluding carboxylic acids is 1. The first kappa shape index (κ1) is 16.4. The number of nitrogens with zero attached hydrogens (tertiary/aromatic N) is 1. The third-order valence-corrected chi connectivity index (χ3v) is 3.20. The molecule has 0 spiro atoms. The number of rotatable bonds is 6. The van der Waals surface area contributed by atoms with Crippen molar-refractivity contribution in [2.24, 2.45) is 0 Å². The minimum atomic E-state index is -0.590. The molecule has 0 radical (unpaired) electrons. The lowest BCUT2D eigenvalue weighted by Crippen LogP contribution is -2.14. The third-order valence-electron chi connectivity index (χ3n) is 2.70. The van der Waals surface area contributed by atoms with Crippen molar-refractivity contribution >= 4 is 27.5 Å². The molecule has 1 heterocycles. The van der Waals surface area contributed by atoms with E-state index in [1.54, 1.807) is 19.2 Å². The summed E-state index contributed by atoms with van der Waals surface area (Å²) in [4.78, 5) is 16.1. The summed E-state index contributed by atoms with van der Waals surface area (Å²) in [7, 11) is 1.58. The van der Waals surface area contributed by atoms with E-state index >= 15 is 0 Å². The van der Waals surface area contributed by atoms with Gasteiger partial charge in [0, 0.05) is 17.6 Å². The van der Waals surface area contributed by atoms with Crippen LogP contribution in [0, 0.1) is 5.82 Å². The Kier molecular flexibility index (Phi) is 5.85. The summed E-state index contributed by atoms with van der Waals surface area (Å²) >= 11 is 3.20. The van der Waals surface area contributed by atoms with Gasteiger partial charge in [0.1, 0.15) is 12.4 Å². The number of anilines is 1. The first-order valence-electron chi connectivity index (χ1n) is 6.44. The van der Waals surface area contributed by atoms with Crippen molar-refractivity contribution in [1.82, 2.24) is 4.98 Å². The van der Waals surface area contributed by atoms with Gasteiger partial charge in [-0.05, 0) is 24.3 Å². The summed E-state index contributed by atoms with van der Waals surface area (Å²) in [5, 5.41) is 2.58. The fourth-order valence-electron chi connectivity index (χ4n) is 1.64. The molecule has 0 aliphatic rings. The number of aromatic nitrogens is 1. The first-order chi connectivity index (χ1) is 10.6. The van der Waals surface area contributed by atoms with Crippen LogP contribution in [0.25, 0.3) is 0 Å². The van der Waals surface area contributed by atoms with Crippen molar-refractivity contribution < 1.29 is 18.7 Å². The Hall–Kier alpha value is -1.99. The first-order valence-corrected chi connectivity index (χ1v) is 7.23. The largest absolute Gasteiger partial charge is 0.475 e. The van der Waals surface area contributed by atoms with Crippen molar-refractivity contribution in [3.63, 3.8) is 0 Å². The number of methoxy groups -OCH3 is 1. The van der Waals surface area contributed by atoms with Crippen molar-refractivity contribution in [2.75, 3.05) is 25.6 Å². The van der Waals surface area contributed by atoms with Crippen LogP contribution in [-0.4, -0.2) is 31.2 Å². The van der Waals surface area contributed by atoms with Gasteiger partial charge in [0.2, 0.25) is 5.88 Å². The van der Waals surface area contributed by atoms with Crippen LogP contribution < -0.4 is 10.1 Å². The maximum absolute atomic E-state index is 13.6. The minimum Gasteiger partial charge on any atom is -0.475 e. The monoisotopic (exact) mass is 368 g/mol. The molecule has 1 N–H and O–H groups in total. The van der Waals surface area contributed by atoms with Gasteiger partial charge in [0.05, 0.1) is 24.1 Å². The third kappa shape index (κ3) is 4.51. The van der Waals surface area contributed by atoms with Crippen molar-refractivity contribution in [3.8, 4) is 5.88 Å². The molecule has 22 heavy (non-hydrogen) atoms. The van der Waals surface area contributed by atoms with E-state index in [-0.39, 0.29) is 5.56 Å². The average molecular weight is 369 g/mol. The molecule has 0 fully saturated rings. The minimum absolute atomic E-state index is 0.0465. The average Bonchev–Trinajstić information content (AvgIpc) is 2.51. The Labute approximate surface area is 135 Å². The fraction of sp³-hybridized carbons (Fsp3) is 0.200. The van der Waals surface area contributed by atoms with E-state index in [1.807, 2.05) is 0 Å². The highest BCUT2D eigenvalue weighted by atomic mass is 79.9. The summed E-state index contributed by atoms with van der Waals surface area (Å²) in [6.45, 7) is 0.848. The molecule has 2 rings (SSSR count). The summed E-state index contributed by atoms with van der Waals surface area (Å²) < 4.78 is 24.4. The van der Waals surface area contributed by atoms with Crippen LogP contribution in [0.4, 0.5) is 10.1 Å².